The molecule has 0 heterocycles. The minimum absolute atomic E-state index is 0.0263. The van der Waals surface area contributed by atoms with Crippen molar-refractivity contribution in [2.45, 2.75) is 13.0 Å². The molecule has 0 saturated heterocycles. The van der Waals surface area contributed by atoms with Crippen molar-refractivity contribution in [1.29, 1.82) is 0 Å². The van der Waals surface area contributed by atoms with Crippen molar-refractivity contribution in [1.82, 2.24) is 0 Å². The fourth-order valence-corrected chi connectivity index (χ4v) is 3.61. The molecule has 3 nitrogen and oxygen atoms in total. The number of carbonyl (C=O) groups is 2. The average Bonchev–Trinajstić information content (AvgIpc) is 2.68. The third-order valence-electron chi connectivity index (χ3n) is 4.70. The molecule has 1 N–H and O–H groups in total. The molecule has 4 rings (SSSR count). The number of rotatable bonds is 3. The predicted octanol–water partition coefficient (Wildman–Crippen LogP) is 5.29. The summed E-state index contributed by atoms with van der Waals surface area (Å²) in [5.74, 6) is -0.392. The van der Waals surface area contributed by atoms with Gasteiger partial charge in [-0.05, 0) is 24.6 Å². The Balaban J connectivity index is 1.82. The Labute approximate surface area is 156 Å². The van der Waals surface area contributed by atoms with Crippen molar-refractivity contribution >= 4 is 28.9 Å². The number of nitrogens with one attached hydrogen (secondary N) is 1. The van der Waals surface area contributed by atoms with Gasteiger partial charge in [0.2, 0.25) is 0 Å². The van der Waals surface area contributed by atoms with Gasteiger partial charge in [-0.25, -0.2) is 0 Å². The summed E-state index contributed by atoms with van der Waals surface area (Å²) in [4.78, 5) is 26.0. The van der Waals surface area contributed by atoms with Crippen molar-refractivity contribution in [3.63, 3.8) is 0 Å². The Morgan fingerprint density at radius 3 is 2.00 bits per heavy atom. The standard InChI is InChI=1S/C22H16ClNO2/c1-13(14-7-3-2-4-8-14)24-18-12-11-17(23)19-20(18)22(26)16-10-6-5-9-15(16)21(19)25/h2-13,24H,1H3. The van der Waals surface area contributed by atoms with Crippen LogP contribution in [0.4, 0.5) is 5.69 Å². The number of hydrogen-bond donors (Lipinski definition) is 1. The second kappa shape index (κ2) is 6.43. The highest BCUT2D eigenvalue weighted by molar-refractivity contribution is 6.39. The van der Waals surface area contributed by atoms with Gasteiger partial charge in [0.1, 0.15) is 0 Å². The summed E-state index contributed by atoms with van der Waals surface area (Å²) in [5.41, 5.74) is 3.16. The molecular formula is C22H16ClNO2. The molecule has 3 aromatic carbocycles. The number of fused-ring (bicyclic) bond motifs is 2. The van der Waals surface area contributed by atoms with Gasteiger partial charge in [-0.1, -0.05) is 66.2 Å². The predicted molar refractivity (Wildman–Crippen MR) is 103 cm³/mol. The van der Waals surface area contributed by atoms with Gasteiger partial charge in [0.15, 0.2) is 11.6 Å². The first-order valence-electron chi connectivity index (χ1n) is 8.40. The van der Waals surface area contributed by atoms with Crippen molar-refractivity contribution in [3.8, 4) is 0 Å². The highest BCUT2D eigenvalue weighted by Gasteiger charge is 2.33. The molecule has 0 saturated carbocycles. The van der Waals surface area contributed by atoms with Gasteiger partial charge in [0, 0.05) is 22.9 Å². The van der Waals surface area contributed by atoms with Gasteiger partial charge < -0.3 is 5.32 Å². The van der Waals surface area contributed by atoms with Gasteiger partial charge in [-0.3, -0.25) is 9.59 Å². The number of hydrogen-bond acceptors (Lipinski definition) is 3. The second-order valence-electron chi connectivity index (χ2n) is 6.33. The Hall–Kier alpha value is -2.91. The summed E-state index contributed by atoms with van der Waals surface area (Å²) in [6.45, 7) is 2.01. The van der Waals surface area contributed by atoms with Crippen LogP contribution in [0.3, 0.4) is 0 Å². The van der Waals surface area contributed by atoms with Gasteiger partial charge in [0.25, 0.3) is 0 Å². The highest BCUT2D eigenvalue weighted by Crippen LogP contribution is 2.37. The molecule has 0 aliphatic heterocycles. The zero-order chi connectivity index (χ0) is 18.3. The molecule has 1 unspecified atom stereocenters. The van der Waals surface area contributed by atoms with E-state index in [9.17, 15) is 9.59 Å². The lowest BCUT2D eigenvalue weighted by Gasteiger charge is -2.24. The van der Waals surface area contributed by atoms with Crippen LogP contribution in [-0.4, -0.2) is 11.6 Å². The molecule has 0 bridgehead atoms. The van der Waals surface area contributed by atoms with Crippen LogP contribution in [0.2, 0.25) is 5.02 Å². The molecular weight excluding hydrogens is 346 g/mol. The topological polar surface area (TPSA) is 46.2 Å². The Morgan fingerprint density at radius 2 is 1.35 bits per heavy atom. The van der Waals surface area contributed by atoms with E-state index in [-0.39, 0.29) is 23.2 Å². The van der Waals surface area contributed by atoms with Crippen LogP contribution in [0.15, 0.2) is 66.7 Å². The fourth-order valence-electron chi connectivity index (χ4n) is 3.36. The molecule has 0 spiro atoms. The zero-order valence-electron chi connectivity index (χ0n) is 14.1. The molecule has 26 heavy (non-hydrogen) atoms. The first kappa shape index (κ1) is 16.6. The van der Waals surface area contributed by atoms with E-state index in [0.717, 1.165) is 5.56 Å². The normalized spacial score (nSPS) is 13.8. The number of ketones is 2. The maximum Gasteiger partial charge on any atom is 0.196 e. The molecule has 1 atom stereocenters. The maximum atomic E-state index is 13.1. The quantitative estimate of drug-likeness (QED) is 0.539. The number of halogens is 1. The van der Waals surface area contributed by atoms with Crippen molar-refractivity contribution in [3.05, 3.63) is 99.6 Å². The Kier molecular flexibility index (Phi) is 4.09. The van der Waals surface area contributed by atoms with E-state index in [1.807, 2.05) is 37.3 Å². The third-order valence-corrected chi connectivity index (χ3v) is 5.01. The molecule has 0 amide bonds. The molecule has 3 aromatic rings. The van der Waals surface area contributed by atoms with Crippen LogP contribution in [0, 0.1) is 0 Å². The maximum absolute atomic E-state index is 13.1. The minimum Gasteiger partial charge on any atom is -0.378 e. The van der Waals surface area contributed by atoms with Crippen LogP contribution in [0.5, 0.6) is 0 Å². The first-order valence-corrected chi connectivity index (χ1v) is 8.78. The van der Waals surface area contributed by atoms with E-state index in [4.69, 9.17) is 11.6 Å². The molecule has 4 heteroatoms. The lowest BCUT2D eigenvalue weighted by Crippen LogP contribution is -2.23. The van der Waals surface area contributed by atoms with E-state index < -0.39 is 0 Å². The summed E-state index contributed by atoms with van der Waals surface area (Å²) < 4.78 is 0. The van der Waals surface area contributed by atoms with E-state index in [2.05, 4.69) is 5.32 Å². The SMILES string of the molecule is CC(Nc1ccc(Cl)c2c1C(=O)c1ccccc1C2=O)c1ccccc1. The Bertz CT molecular complexity index is 1030. The molecule has 0 radical (unpaired) electrons. The molecule has 1 aliphatic carbocycles. The molecule has 1 aliphatic rings. The summed E-state index contributed by atoms with van der Waals surface area (Å²) in [7, 11) is 0. The summed E-state index contributed by atoms with van der Waals surface area (Å²) in [5, 5.41) is 3.66. The van der Waals surface area contributed by atoms with Gasteiger partial charge in [-0.15, -0.1) is 0 Å². The smallest absolute Gasteiger partial charge is 0.196 e. The van der Waals surface area contributed by atoms with Gasteiger partial charge in [0.05, 0.1) is 16.1 Å². The lowest BCUT2D eigenvalue weighted by atomic mass is 9.83. The third kappa shape index (κ3) is 2.61. The van der Waals surface area contributed by atoms with Crippen LogP contribution in [-0.2, 0) is 0 Å². The van der Waals surface area contributed by atoms with Crippen LogP contribution < -0.4 is 5.32 Å². The van der Waals surface area contributed by atoms with E-state index in [1.165, 1.54) is 0 Å². The number of benzene rings is 3. The monoisotopic (exact) mass is 361 g/mol. The summed E-state index contributed by atoms with van der Waals surface area (Å²) >= 11 is 6.29. The lowest BCUT2D eigenvalue weighted by molar-refractivity contribution is 0.0979. The molecule has 0 fully saturated rings. The largest absolute Gasteiger partial charge is 0.378 e. The average molecular weight is 362 g/mol. The van der Waals surface area contributed by atoms with E-state index in [0.29, 0.717) is 27.4 Å². The van der Waals surface area contributed by atoms with E-state index >= 15 is 0 Å². The highest BCUT2D eigenvalue weighted by atomic mass is 35.5. The molecule has 128 valence electrons. The van der Waals surface area contributed by atoms with Crippen molar-refractivity contribution in [2.24, 2.45) is 0 Å². The van der Waals surface area contributed by atoms with Gasteiger partial charge in [-0.2, -0.15) is 0 Å². The summed E-state index contributed by atoms with van der Waals surface area (Å²) in [6.07, 6.45) is 0. The van der Waals surface area contributed by atoms with Crippen LogP contribution >= 0.6 is 11.6 Å². The Morgan fingerprint density at radius 1 is 0.769 bits per heavy atom. The minimum atomic E-state index is -0.212. The van der Waals surface area contributed by atoms with Gasteiger partial charge >= 0.3 is 0 Å². The number of carbonyl (C=O) groups excluding carboxylic acids is 2. The van der Waals surface area contributed by atoms with E-state index in [1.54, 1.807) is 36.4 Å². The van der Waals surface area contributed by atoms with Crippen molar-refractivity contribution < 1.29 is 9.59 Å². The summed E-state index contributed by atoms with van der Waals surface area (Å²) in [6, 6.07) is 20.2. The first-order chi connectivity index (χ1) is 12.6. The van der Waals surface area contributed by atoms with Crippen molar-refractivity contribution in [2.75, 3.05) is 5.32 Å². The zero-order valence-corrected chi connectivity index (χ0v) is 14.9. The van der Waals surface area contributed by atoms with Crippen LogP contribution in [0.1, 0.15) is 50.4 Å². The number of anilines is 1. The molecule has 0 aromatic heterocycles. The second-order valence-corrected chi connectivity index (χ2v) is 6.73. The fraction of sp³-hybridized carbons (Fsp3) is 0.0909. The van der Waals surface area contributed by atoms with Crippen LogP contribution in [0.25, 0.3) is 0 Å².